The Morgan fingerprint density at radius 1 is 1.08 bits per heavy atom. The van der Waals surface area contributed by atoms with E-state index in [9.17, 15) is 4.57 Å². The van der Waals surface area contributed by atoms with E-state index in [0.29, 0.717) is 0 Å². The Morgan fingerprint density at radius 2 is 1.46 bits per heavy atom. The summed E-state index contributed by atoms with van der Waals surface area (Å²) in [6, 6.07) is 0. The van der Waals surface area contributed by atoms with Gasteiger partial charge in [-0.2, -0.15) is 0 Å². The first-order chi connectivity index (χ1) is 5.95. The van der Waals surface area contributed by atoms with Crippen molar-refractivity contribution in [2.45, 2.75) is 0 Å². The van der Waals surface area contributed by atoms with Gasteiger partial charge < -0.3 is 18.2 Å². The normalized spacial score (nSPS) is 17.0. The van der Waals surface area contributed by atoms with Gasteiger partial charge in [-0.15, -0.1) is 0 Å². The molecule has 1 N–H and O–H groups in total. The van der Waals surface area contributed by atoms with E-state index in [1.165, 1.54) is 21.3 Å². The van der Waals surface area contributed by atoms with Gasteiger partial charge in [0.15, 0.2) is 0 Å². The minimum atomic E-state index is -4.16. The highest BCUT2D eigenvalue weighted by Crippen LogP contribution is 2.45. The van der Waals surface area contributed by atoms with Crippen LogP contribution in [0.5, 0.6) is 0 Å². The summed E-state index contributed by atoms with van der Waals surface area (Å²) in [4.78, 5) is 8.96. The molecule has 1 unspecified atom stereocenters. The van der Waals surface area contributed by atoms with Crippen LogP contribution in [0.2, 0.25) is 0 Å². The minimum absolute atomic E-state index is 1.03. The summed E-state index contributed by atoms with van der Waals surface area (Å²) in [6.07, 6.45) is 0. The van der Waals surface area contributed by atoms with Crippen molar-refractivity contribution in [1.82, 2.24) is 0 Å². The van der Waals surface area contributed by atoms with Crippen molar-refractivity contribution in [2.24, 2.45) is 0 Å². The molecule has 13 heavy (non-hydrogen) atoms. The third-order valence-electron chi connectivity index (χ3n) is 1.21. The molecule has 0 aliphatic heterocycles. The molecule has 0 rings (SSSR count). The lowest BCUT2D eigenvalue weighted by molar-refractivity contribution is 0.0367. The fourth-order valence-electron chi connectivity index (χ4n) is 0.540. The number of phosphoric acid groups is 1. The third kappa shape index (κ3) is 3.84. The van der Waals surface area contributed by atoms with Crippen molar-refractivity contribution in [3.63, 3.8) is 0 Å². The van der Waals surface area contributed by atoms with Crippen LogP contribution in [0.15, 0.2) is 0 Å². The van der Waals surface area contributed by atoms with Crippen LogP contribution >= 0.6 is 7.82 Å². The van der Waals surface area contributed by atoms with Gasteiger partial charge in [-0.25, -0.2) is 4.57 Å². The Balaban J connectivity index is 4.51. The molecule has 0 saturated carbocycles. The molecule has 0 bridgehead atoms. The fraction of sp³-hybridized carbons (Fsp3) is 1.00. The zero-order valence-corrected chi connectivity index (χ0v) is 9.74. The second-order valence-corrected chi connectivity index (χ2v) is 6.11. The second-order valence-electron chi connectivity index (χ2n) is 1.85. The zero-order valence-electron chi connectivity index (χ0n) is 7.84. The molecule has 0 aromatic carbocycles. The Labute approximate surface area is 77.6 Å². The summed E-state index contributed by atoms with van der Waals surface area (Å²) in [6.45, 7) is 0. The van der Waals surface area contributed by atoms with Crippen LogP contribution < -0.4 is 0 Å². The van der Waals surface area contributed by atoms with E-state index < -0.39 is 16.9 Å². The molecule has 0 aliphatic carbocycles. The van der Waals surface area contributed by atoms with Gasteiger partial charge in [-0.3, -0.25) is 8.74 Å². The molecule has 0 spiro atoms. The molecule has 7 nitrogen and oxygen atoms in total. The molecule has 0 fully saturated rings. The molecule has 0 saturated heterocycles. The van der Waals surface area contributed by atoms with Crippen molar-refractivity contribution < 1.29 is 31.5 Å². The summed E-state index contributed by atoms with van der Waals surface area (Å²) >= 11 is 0. The Bertz CT molecular complexity index is 185. The molecule has 0 aliphatic rings. The fourth-order valence-corrected chi connectivity index (χ4v) is 3.36. The molecule has 0 aromatic heterocycles. The molecule has 9 heteroatoms. The van der Waals surface area contributed by atoms with Crippen molar-refractivity contribution >= 4 is 16.9 Å². The van der Waals surface area contributed by atoms with E-state index >= 15 is 0 Å². The molecule has 0 amide bonds. The van der Waals surface area contributed by atoms with E-state index in [1.54, 1.807) is 0 Å². The van der Waals surface area contributed by atoms with E-state index in [0.717, 1.165) is 7.11 Å². The molecular weight excluding hydrogens is 219 g/mol. The highest BCUT2D eigenvalue weighted by Gasteiger charge is 2.49. The second kappa shape index (κ2) is 5.18. The average molecular weight is 232 g/mol. The maximum Gasteiger partial charge on any atom is 0.687 e. The first kappa shape index (κ1) is 13.2. The van der Waals surface area contributed by atoms with Crippen LogP contribution in [0, 0.1) is 0 Å². The van der Waals surface area contributed by atoms with Gasteiger partial charge >= 0.3 is 16.9 Å². The van der Waals surface area contributed by atoms with E-state index in [2.05, 4.69) is 8.74 Å². The van der Waals surface area contributed by atoms with Gasteiger partial charge in [0.2, 0.25) is 0 Å². The Kier molecular flexibility index (Phi) is 5.26. The Morgan fingerprint density at radius 3 is 1.69 bits per heavy atom. The topological polar surface area (TPSA) is 83.5 Å². The monoisotopic (exact) mass is 232 g/mol. The Hall–Kier alpha value is 0.207. The van der Waals surface area contributed by atoms with Gasteiger partial charge in [0, 0.05) is 28.4 Å². The molecule has 0 heterocycles. The van der Waals surface area contributed by atoms with E-state index in [4.69, 9.17) is 18.2 Å². The first-order valence-corrected chi connectivity index (χ1v) is 6.33. The smallest absolute Gasteiger partial charge is 0.354 e. The quantitative estimate of drug-likeness (QED) is 0.514. The number of hydrogen-bond donors (Lipinski definition) is 1. The predicted octanol–water partition coefficient (Wildman–Crippen LogP) is 0.125. The molecular formula is C4H13O7PSi. The van der Waals surface area contributed by atoms with Gasteiger partial charge in [0.05, 0.1) is 0 Å². The van der Waals surface area contributed by atoms with Crippen LogP contribution in [0.1, 0.15) is 0 Å². The van der Waals surface area contributed by atoms with Gasteiger partial charge in [-0.05, 0) is 0 Å². The van der Waals surface area contributed by atoms with Crippen LogP contribution in [0.4, 0.5) is 0 Å². The summed E-state index contributed by atoms with van der Waals surface area (Å²) in [5.41, 5.74) is 0. The maximum atomic E-state index is 11.0. The summed E-state index contributed by atoms with van der Waals surface area (Å²) in [7, 11) is -2.91. The summed E-state index contributed by atoms with van der Waals surface area (Å²) in [5, 5.41) is 0. The molecule has 0 aromatic rings. The lowest BCUT2D eigenvalue weighted by atomic mass is 11.8. The van der Waals surface area contributed by atoms with Gasteiger partial charge in [-0.1, -0.05) is 0 Å². The third-order valence-corrected chi connectivity index (χ3v) is 4.99. The SMILES string of the molecule is CO[Si](OC)(OC)OP(=O)(O)OC. The van der Waals surface area contributed by atoms with Crippen molar-refractivity contribution in [1.29, 1.82) is 0 Å². The standard InChI is InChI=1S/C4H13O7PSi/c1-7-12(5,6)11-13(8-2,9-3)10-4/h1-4H3,(H,5,6). The highest BCUT2D eigenvalue weighted by molar-refractivity contribution is 7.48. The average Bonchev–Trinajstić information content (AvgIpc) is 2.14. The number of phosphoric ester groups is 1. The number of hydrogen-bond acceptors (Lipinski definition) is 6. The van der Waals surface area contributed by atoms with Gasteiger partial charge in [0.1, 0.15) is 0 Å². The van der Waals surface area contributed by atoms with Crippen LogP contribution in [-0.2, 0) is 26.6 Å². The summed E-state index contributed by atoms with van der Waals surface area (Å²) in [5.74, 6) is 0. The van der Waals surface area contributed by atoms with Gasteiger partial charge in [0.25, 0.3) is 0 Å². The first-order valence-electron chi connectivity index (χ1n) is 3.20. The van der Waals surface area contributed by atoms with E-state index in [-0.39, 0.29) is 0 Å². The number of rotatable bonds is 6. The van der Waals surface area contributed by atoms with Crippen LogP contribution in [-0.4, -0.2) is 42.4 Å². The van der Waals surface area contributed by atoms with Crippen molar-refractivity contribution in [3.05, 3.63) is 0 Å². The molecule has 0 radical (unpaired) electrons. The highest BCUT2D eigenvalue weighted by atomic mass is 31.2. The van der Waals surface area contributed by atoms with Crippen LogP contribution in [0.3, 0.4) is 0 Å². The predicted molar refractivity (Wildman–Crippen MR) is 44.7 cm³/mol. The molecule has 1 atom stereocenters. The lowest BCUT2D eigenvalue weighted by Crippen LogP contribution is -2.45. The lowest BCUT2D eigenvalue weighted by Gasteiger charge is -2.23. The van der Waals surface area contributed by atoms with Crippen LogP contribution in [0.25, 0.3) is 0 Å². The molecule has 80 valence electrons. The largest absolute Gasteiger partial charge is 0.687 e. The minimum Gasteiger partial charge on any atom is -0.354 e. The van der Waals surface area contributed by atoms with E-state index in [1.807, 2.05) is 0 Å². The van der Waals surface area contributed by atoms with Crippen molar-refractivity contribution in [2.75, 3.05) is 28.4 Å². The summed E-state index contributed by atoms with van der Waals surface area (Å²) < 4.78 is 33.9. The van der Waals surface area contributed by atoms with Crippen molar-refractivity contribution in [3.8, 4) is 0 Å². The maximum absolute atomic E-state index is 11.0. The zero-order chi connectivity index (χ0) is 10.5.